The number of fused-ring (bicyclic) bond motifs is 1. The number of hydrogen-bond donors (Lipinski definition) is 1. The molecule has 1 N–H and O–H groups in total. The monoisotopic (exact) mass is 479 g/mol. The summed E-state index contributed by atoms with van der Waals surface area (Å²) >= 11 is 0. The minimum absolute atomic E-state index is 0.0224. The second kappa shape index (κ2) is 10.3. The Morgan fingerprint density at radius 2 is 1.74 bits per heavy atom. The van der Waals surface area contributed by atoms with Gasteiger partial charge in [0.1, 0.15) is 24.8 Å². The molecule has 8 nitrogen and oxygen atoms in total. The van der Waals surface area contributed by atoms with Gasteiger partial charge in [-0.2, -0.15) is 0 Å². The van der Waals surface area contributed by atoms with E-state index in [9.17, 15) is 9.59 Å². The van der Waals surface area contributed by atoms with Crippen LogP contribution < -0.4 is 14.8 Å². The number of ether oxygens (including phenoxy) is 3. The van der Waals surface area contributed by atoms with Crippen LogP contribution in [0.4, 0.5) is 0 Å². The minimum Gasteiger partial charge on any atom is -0.486 e. The van der Waals surface area contributed by atoms with Gasteiger partial charge in [0.05, 0.1) is 6.61 Å². The highest BCUT2D eigenvalue weighted by Crippen LogP contribution is 2.35. The summed E-state index contributed by atoms with van der Waals surface area (Å²) in [4.78, 5) is 31.2. The topological polar surface area (TPSA) is 80.3 Å². The third-order valence-electron chi connectivity index (χ3n) is 7.31. The van der Waals surface area contributed by atoms with Crippen molar-refractivity contribution in [2.45, 2.75) is 37.4 Å². The Bertz CT molecular complexity index is 1050. The van der Waals surface area contributed by atoms with Gasteiger partial charge in [-0.1, -0.05) is 36.4 Å². The van der Waals surface area contributed by atoms with E-state index in [4.69, 9.17) is 14.2 Å². The molecule has 3 aliphatic heterocycles. The van der Waals surface area contributed by atoms with E-state index in [1.54, 1.807) is 12.0 Å². The molecule has 1 atom stereocenters. The molecular formula is C27H33N3O5. The highest BCUT2D eigenvalue weighted by Gasteiger charge is 2.53. The average molecular weight is 480 g/mol. The molecule has 2 fully saturated rings. The summed E-state index contributed by atoms with van der Waals surface area (Å²) in [5.74, 6) is 1.50. The molecule has 2 amide bonds. The van der Waals surface area contributed by atoms with Crippen LogP contribution in [0.3, 0.4) is 0 Å². The number of carbonyl (C=O) groups is 2. The number of amides is 2. The maximum absolute atomic E-state index is 13.6. The van der Waals surface area contributed by atoms with E-state index >= 15 is 0 Å². The van der Waals surface area contributed by atoms with E-state index in [1.165, 1.54) is 0 Å². The van der Waals surface area contributed by atoms with Gasteiger partial charge in [0.15, 0.2) is 11.5 Å². The number of piperidine rings is 1. The fourth-order valence-electron chi connectivity index (χ4n) is 5.39. The number of methoxy groups -OCH3 is 1. The van der Waals surface area contributed by atoms with Crippen LogP contribution in [0.15, 0.2) is 48.5 Å². The lowest BCUT2D eigenvalue weighted by Crippen LogP contribution is -2.73. The van der Waals surface area contributed by atoms with Gasteiger partial charge in [-0.3, -0.25) is 14.5 Å². The van der Waals surface area contributed by atoms with Crippen LogP contribution in [-0.4, -0.2) is 79.8 Å². The summed E-state index contributed by atoms with van der Waals surface area (Å²) < 4.78 is 16.6. The molecule has 0 aliphatic carbocycles. The largest absolute Gasteiger partial charge is 0.486 e. The molecule has 0 radical (unpaired) electrons. The summed E-state index contributed by atoms with van der Waals surface area (Å²) in [7, 11) is 1.62. The first kappa shape index (κ1) is 23.6. The van der Waals surface area contributed by atoms with Crippen molar-refractivity contribution in [2.75, 3.05) is 46.6 Å². The molecular weight excluding hydrogens is 446 g/mol. The molecule has 186 valence electrons. The van der Waals surface area contributed by atoms with Gasteiger partial charge in [-0.15, -0.1) is 0 Å². The Kier molecular flexibility index (Phi) is 6.92. The fourth-order valence-corrected chi connectivity index (χ4v) is 5.39. The SMILES string of the molecule is COCCN1C(=O)C(Cc2ccccc2)NC(=O)C12CCN(Cc1ccc3c(c1)OCCO3)CC2. The summed E-state index contributed by atoms with van der Waals surface area (Å²) in [6.07, 6.45) is 1.68. The van der Waals surface area contributed by atoms with E-state index in [-0.39, 0.29) is 11.8 Å². The molecule has 0 saturated carbocycles. The van der Waals surface area contributed by atoms with Crippen LogP contribution in [-0.2, 0) is 27.3 Å². The summed E-state index contributed by atoms with van der Waals surface area (Å²) in [6, 6.07) is 15.3. The van der Waals surface area contributed by atoms with Crippen LogP contribution in [0.25, 0.3) is 0 Å². The quantitative estimate of drug-likeness (QED) is 0.655. The molecule has 2 saturated heterocycles. The zero-order chi connectivity index (χ0) is 24.3. The van der Waals surface area contributed by atoms with E-state index in [0.29, 0.717) is 45.6 Å². The van der Waals surface area contributed by atoms with E-state index in [2.05, 4.69) is 16.3 Å². The normalized spacial score (nSPS) is 21.7. The van der Waals surface area contributed by atoms with Crippen LogP contribution in [0.5, 0.6) is 11.5 Å². The third-order valence-corrected chi connectivity index (χ3v) is 7.31. The van der Waals surface area contributed by atoms with Gasteiger partial charge in [-0.05, 0) is 36.1 Å². The molecule has 0 aromatic heterocycles. The molecule has 3 aliphatic rings. The van der Waals surface area contributed by atoms with Crippen molar-refractivity contribution in [3.05, 3.63) is 59.7 Å². The van der Waals surface area contributed by atoms with Crippen molar-refractivity contribution in [3.8, 4) is 11.5 Å². The lowest BCUT2D eigenvalue weighted by molar-refractivity contribution is -0.162. The summed E-state index contributed by atoms with van der Waals surface area (Å²) in [5, 5.41) is 3.06. The number of rotatable bonds is 7. The van der Waals surface area contributed by atoms with Crippen molar-refractivity contribution in [2.24, 2.45) is 0 Å². The number of nitrogens with one attached hydrogen (secondary N) is 1. The van der Waals surface area contributed by atoms with E-state index in [1.807, 2.05) is 42.5 Å². The Morgan fingerprint density at radius 1 is 1.00 bits per heavy atom. The standard InChI is InChI=1S/C27H33N3O5/c1-33-14-13-30-25(31)22(17-20-5-3-2-4-6-20)28-26(32)27(30)9-11-29(12-10-27)19-21-7-8-23-24(18-21)35-16-15-34-23/h2-8,18,22H,9-17,19H2,1H3,(H,28,32). The average Bonchev–Trinajstić information content (AvgIpc) is 2.89. The number of hydrogen-bond acceptors (Lipinski definition) is 6. The van der Waals surface area contributed by atoms with Crippen molar-refractivity contribution in [1.82, 2.24) is 15.1 Å². The Balaban J connectivity index is 1.28. The molecule has 2 aromatic rings. The highest BCUT2D eigenvalue weighted by molar-refractivity contribution is 6.00. The Morgan fingerprint density at radius 3 is 2.49 bits per heavy atom. The van der Waals surface area contributed by atoms with Crippen LogP contribution in [0.1, 0.15) is 24.0 Å². The maximum Gasteiger partial charge on any atom is 0.246 e. The third kappa shape index (κ3) is 4.86. The first-order valence-corrected chi connectivity index (χ1v) is 12.4. The fraction of sp³-hybridized carbons (Fsp3) is 0.481. The van der Waals surface area contributed by atoms with Gasteiger partial charge in [0.2, 0.25) is 11.8 Å². The summed E-state index contributed by atoms with van der Waals surface area (Å²) in [6.45, 7) is 4.17. The number of piperazine rings is 1. The lowest BCUT2D eigenvalue weighted by atomic mass is 9.81. The Hall–Kier alpha value is -3.10. The van der Waals surface area contributed by atoms with Gasteiger partial charge in [-0.25, -0.2) is 0 Å². The van der Waals surface area contributed by atoms with Gasteiger partial charge < -0.3 is 24.4 Å². The lowest BCUT2D eigenvalue weighted by Gasteiger charge is -2.51. The molecule has 8 heteroatoms. The smallest absolute Gasteiger partial charge is 0.246 e. The maximum atomic E-state index is 13.6. The predicted octanol–water partition coefficient (Wildman–Crippen LogP) is 2.01. The second-order valence-corrected chi connectivity index (χ2v) is 9.48. The van der Waals surface area contributed by atoms with Gasteiger partial charge >= 0.3 is 0 Å². The van der Waals surface area contributed by atoms with Crippen molar-refractivity contribution in [1.29, 1.82) is 0 Å². The van der Waals surface area contributed by atoms with Crippen molar-refractivity contribution in [3.63, 3.8) is 0 Å². The van der Waals surface area contributed by atoms with Crippen molar-refractivity contribution < 1.29 is 23.8 Å². The first-order chi connectivity index (χ1) is 17.1. The zero-order valence-corrected chi connectivity index (χ0v) is 20.2. The number of carbonyl (C=O) groups excluding carboxylic acids is 2. The highest BCUT2D eigenvalue weighted by atomic mass is 16.6. The molecule has 2 aromatic carbocycles. The van der Waals surface area contributed by atoms with Crippen LogP contribution in [0.2, 0.25) is 0 Å². The number of nitrogens with zero attached hydrogens (tertiary/aromatic N) is 2. The van der Waals surface area contributed by atoms with Crippen LogP contribution in [0, 0.1) is 0 Å². The second-order valence-electron chi connectivity index (χ2n) is 9.48. The summed E-state index contributed by atoms with van der Waals surface area (Å²) in [5.41, 5.74) is 1.35. The zero-order valence-electron chi connectivity index (χ0n) is 20.2. The molecule has 0 bridgehead atoms. The Labute approximate surface area is 206 Å². The molecule has 1 spiro atoms. The molecule has 35 heavy (non-hydrogen) atoms. The number of likely N-dealkylation sites (tertiary alicyclic amines) is 1. The van der Waals surface area contributed by atoms with Crippen LogP contribution >= 0.6 is 0 Å². The molecule has 5 rings (SSSR count). The van der Waals surface area contributed by atoms with Crippen molar-refractivity contribution >= 4 is 11.8 Å². The number of benzene rings is 2. The minimum atomic E-state index is -0.827. The first-order valence-electron chi connectivity index (χ1n) is 12.4. The van der Waals surface area contributed by atoms with E-state index < -0.39 is 11.6 Å². The van der Waals surface area contributed by atoms with Gasteiger partial charge in [0.25, 0.3) is 0 Å². The molecule has 1 unspecified atom stereocenters. The molecule has 3 heterocycles. The van der Waals surface area contributed by atoms with E-state index in [0.717, 1.165) is 42.3 Å². The van der Waals surface area contributed by atoms with Gasteiger partial charge in [0, 0.05) is 39.7 Å². The predicted molar refractivity (Wildman–Crippen MR) is 130 cm³/mol.